The summed E-state index contributed by atoms with van der Waals surface area (Å²) in [5.74, 6) is -0.782. The van der Waals surface area contributed by atoms with Crippen LogP contribution >= 0.6 is 0 Å². The summed E-state index contributed by atoms with van der Waals surface area (Å²) in [6.45, 7) is 0.0899. The van der Waals surface area contributed by atoms with Crippen molar-refractivity contribution in [3.8, 4) is 5.75 Å². The first-order chi connectivity index (χ1) is 13.5. The van der Waals surface area contributed by atoms with Crippen LogP contribution in [0.2, 0.25) is 0 Å². The first-order valence-corrected chi connectivity index (χ1v) is 8.78. The molecule has 1 atom stereocenters. The molecule has 7 heteroatoms. The first-order valence-electron chi connectivity index (χ1n) is 8.78. The lowest BCUT2D eigenvalue weighted by Crippen LogP contribution is -2.50. The minimum Gasteiger partial charge on any atom is -0.484 e. The van der Waals surface area contributed by atoms with Crippen LogP contribution in [0.15, 0.2) is 48.5 Å². The van der Waals surface area contributed by atoms with Crippen molar-refractivity contribution in [1.29, 1.82) is 0 Å². The average Bonchev–Trinajstić information content (AvgIpc) is 2.75. The second-order valence-corrected chi connectivity index (χ2v) is 6.34. The van der Waals surface area contributed by atoms with Crippen LogP contribution in [0.25, 0.3) is 0 Å². The van der Waals surface area contributed by atoms with E-state index in [-0.39, 0.29) is 12.5 Å². The predicted octanol–water partition coefficient (Wildman–Crippen LogP) is 1.98. The lowest BCUT2D eigenvalue weighted by atomic mass is 9.94. The zero-order valence-corrected chi connectivity index (χ0v) is 15.7. The number of rotatable bonds is 5. The van der Waals surface area contributed by atoms with Crippen molar-refractivity contribution < 1.29 is 28.6 Å². The third-order valence-electron chi connectivity index (χ3n) is 4.68. The van der Waals surface area contributed by atoms with Crippen LogP contribution in [0.3, 0.4) is 0 Å². The summed E-state index contributed by atoms with van der Waals surface area (Å²) in [6.07, 6.45) is 0.405. The van der Waals surface area contributed by atoms with E-state index in [0.29, 0.717) is 24.3 Å². The van der Waals surface area contributed by atoms with Crippen molar-refractivity contribution in [2.24, 2.45) is 0 Å². The number of nitrogens with zero attached hydrogens (tertiary/aromatic N) is 1. The Hall–Kier alpha value is -3.35. The van der Waals surface area contributed by atoms with Gasteiger partial charge in [-0.2, -0.15) is 0 Å². The summed E-state index contributed by atoms with van der Waals surface area (Å²) in [5, 5.41) is 0. The largest absolute Gasteiger partial charge is 0.484 e. The van der Waals surface area contributed by atoms with E-state index in [1.165, 1.54) is 19.1 Å². The molecule has 1 aliphatic rings. The number of hydrogen-bond acceptors (Lipinski definition) is 6. The van der Waals surface area contributed by atoms with Crippen LogP contribution < -0.4 is 4.74 Å². The van der Waals surface area contributed by atoms with Crippen molar-refractivity contribution in [2.45, 2.75) is 19.0 Å². The van der Waals surface area contributed by atoms with E-state index in [1.54, 1.807) is 24.3 Å². The van der Waals surface area contributed by atoms with E-state index in [1.807, 2.05) is 24.3 Å². The van der Waals surface area contributed by atoms with E-state index in [0.717, 1.165) is 11.1 Å². The zero-order chi connectivity index (χ0) is 20.1. The number of carbonyl (C=O) groups is 3. The Kier molecular flexibility index (Phi) is 5.93. The van der Waals surface area contributed by atoms with E-state index in [2.05, 4.69) is 4.74 Å². The fourth-order valence-electron chi connectivity index (χ4n) is 3.16. The van der Waals surface area contributed by atoms with Gasteiger partial charge in [-0.05, 0) is 35.4 Å². The maximum Gasteiger partial charge on any atom is 0.337 e. The number of carbonyl (C=O) groups excluding carboxylic acids is 3. The Morgan fingerprint density at radius 3 is 2.29 bits per heavy atom. The van der Waals surface area contributed by atoms with Crippen molar-refractivity contribution in [1.82, 2.24) is 4.90 Å². The number of methoxy groups -OCH3 is 2. The van der Waals surface area contributed by atoms with Gasteiger partial charge in [0.2, 0.25) is 0 Å². The molecule has 0 N–H and O–H groups in total. The second kappa shape index (κ2) is 8.56. The number of hydrogen-bond donors (Lipinski definition) is 0. The van der Waals surface area contributed by atoms with Crippen LogP contribution in [0.5, 0.6) is 5.75 Å². The van der Waals surface area contributed by atoms with E-state index in [9.17, 15) is 14.4 Å². The van der Waals surface area contributed by atoms with Gasteiger partial charge in [-0.25, -0.2) is 9.59 Å². The summed E-state index contributed by atoms with van der Waals surface area (Å²) < 4.78 is 15.1. The minimum absolute atomic E-state index is 0.229. The molecule has 7 nitrogen and oxygen atoms in total. The predicted molar refractivity (Wildman–Crippen MR) is 99.8 cm³/mol. The fourth-order valence-corrected chi connectivity index (χ4v) is 3.16. The first kappa shape index (κ1) is 19.4. The van der Waals surface area contributed by atoms with Gasteiger partial charge in [0.05, 0.1) is 19.8 Å². The Bertz CT molecular complexity index is 877. The Morgan fingerprint density at radius 1 is 0.964 bits per heavy atom. The van der Waals surface area contributed by atoms with Crippen molar-refractivity contribution in [2.75, 3.05) is 20.8 Å². The highest BCUT2D eigenvalue weighted by Gasteiger charge is 2.35. The van der Waals surface area contributed by atoms with Gasteiger partial charge >= 0.3 is 11.9 Å². The van der Waals surface area contributed by atoms with Crippen molar-refractivity contribution in [3.63, 3.8) is 0 Å². The highest BCUT2D eigenvalue weighted by atomic mass is 16.5. The molecule has 0 spiro atoms. The van der Waals surface area contributed by atoms with Crippen molar-refractivity contribution >= 4 is 17.8 Å². The molecule has 3 rings (SSSR count). The molecule has 0 saturated carbocycles. The van der Waals surface area contributed by atoms with Gasteiger partial charge in [-0.15, -0.1) is 0 Å². The monoisotopic (exact) mass is 383 g/mol. The van der Waals surface area contributed by atoms with Crippen molar-refractivity contribution in [3.05, 3.63) is 65.2 Å². The standard InChI is InChI=1S/C21H21NO6/c1-26-20(24)14-7-9-17(10-8-14)28-13-19(23)22-12-16-6-4-3-5-15(16)11-18(22)21(25)27-2/h3-10,18H,11-13H2,1-2H3/t18-/m1/s1. The Morgan fingerprint density at radius 2 is 1.64 bits per heavy atom. The van der Waals surface area contributed by atoms with Gasteiger partial charge in [0, 0.05) is 13.0 Å². The molecule has 0 aromatic heterocycles. The average molecular weight is 383 g/mol. The van der Waals surface area contributed by atoms with Crippen LogP contribution in [0.1, 0.15) is 21.5 Å². The maximum absolute atomic E-state index is 12.8. The smallest absolute Gasteiger partial charge is 0.337 e. The quantitative estimate of drug-likeness (QED) is 0.735. The molecule has 28 heavy (non-hydrogen) atoms. The summed E-state index contributed by atoms with van der Waals surface area (Å²) in [6, 6.07) is 13.3. The van der Waals surface area contributed by atoms with E-state index < -0.39 is 18.0 Å². The molecule has 0 bridgehead atoms. The van der Waals surface area contributed by atoms with Gasteiger partial charge in [0.1, 0.15) is 11.8 Å². The zero-order valence-electron chi connectivity index (χ0n) is 15.7. The van der Waals surface area contributed by atoms with Gasteiger partial charge in [0.25, 0.3) is 5.91 Å². The highest BCUT2D eigenvalue weighted by Crippen LogP contribution is 2.24. The SMILES string of the molecule is COC(=O)c1ccc(OCC(=O)N2Cc3ccccc3C[C@@H]2C(=O)OC)cc1. The molecular formula is C21H21NO6. The van der Waals surface area contributed by atoms with Gasteiger partial charge in [0.15, 0.2) is 6.61 Å². The lowest BCUT2D eigenvalue weighted by molar-refractivity contribution is -0.154. The summed E-state index contributed by atoms with van der Waals surface area (Å²) >= 11 is 0. The number of benzene rings is 2. The minimum atomic E-state index is -0.683. The Balaban J connectivity index is 1.69. The molecule has 0 saturated heterocycles. The molecule has 2 aromatic carbocycles. The molecular weight excluding hydrogens is 362 g/mol. The van der Waals surface area contributed by atoms with Crippen LogP contribution in [-0.4, -0.2) is 49.6 Å². The summed E-state index contributed by atoms with van der Waals surface area (Å²) in [7, 11) is 2.62. The normalized spacial score (nSPS) is 15.4. The molecule has 1 amide bonds. The number of fused-ring (bicyclic) bond motifs is 1. The molecule has 0 aliphatic carbocycles. The molecule has 1 aliphatic heterocycles. The lowest BCUT2D eigenvalue weighted by Gasteiger charge is -2.35. The number of amides is 1. The van der Waals surface area contributed by atoms with Crippen LogP contribution in [0.4, 0.5) is 0 Å². The third kappa shape index (κ3) is 4.14. The van der Waals surface area contributed by atoms with E-state index >= 15 is 0 Å². The van der Waals surface area contributed by atoms with E-state index in [4.69, 9.17) is 9.47 Å². The fraction of sp³-hybridized carbons (Fsp3) is 0.286. The van der Waals surface area contributed by atoms with Crippen LogP contribution in [0, 0.1) is 0 Å². The number of ether oxygens (including phenoxy) is 3. The molecule has 1 heterocycles. The molecule has 146 valence electrons. The topological polar surface area (TPSA) is 82.1 Å². The summed E-state index contributed by atoms with van der Waals surface area (Å²) in [4.78, 5) is 37.9. The summed E-state index contributed by atoms with van der Waals surface area (Å²) in [5.41, 5.74) is 2.42. The van der Waals surface area contributed by atoms with Gasteiger partial charge < -0.3 is 19.1 Å². The van der Waals surface area contributed by atoms with Gasteiger partial charge in [-0.3, -0.25) is 4.79 Å². The molecule has 0 fully saturated rings. The second-order valence-electron chi connectivity index (χ2n) is 6.34. The van der Waals surface area contributed by atoms with Crippen LogP contribution in [-0.2, 0) is 32.0 Å². The maximum atomic E-state index is 12.8. The Labute approximate surface area is 162 Å². The molecule has 0 radical (unpaired) electrons. The molecule has 2 aromatic rings. The third-order valence-corrected chi connectivity index (χ3v) is 4.68. The van der Waals surface area contributed by atoms with Gasteiger partial charge in [-0.1, -0.05) is 24.3 Å². The molecule has 0 unspecified atom stereocenters. The highest BCUT2D eigenvalue weighted by molar-refractivity contribution is 5.89. The number of esters is 2.